The average molecular weight is 420 g/mol. The maximum atomic E-state index is 14.0. The van der Waals surface area contributed by atoms with Crippen LogP contribution in [0, 0.1) is 17.7 Å². The summed E-state index contributed by atoms with van der Waals surface area (Å²) in [6.45, 7) is 2.20. The molecule has 0 amide bonds. The van der Waals surface area contributed by atoms with Gasteiger partial charge in [-0.3, -0.25) is 0 Å². The minimum atomic E-state index is -0.572. The van der Waals surface area contributed by atoms with Gasteiger partial charge in [-0.25, -0.2) is 4.39 Å². The Kier molecular flexibility index (Phi) is 7.33. The van der Waals surface area contributed by atoms with Crippen LogP contribution in [0.4, 0.5) is 10.1 Å². The minimum absolute atomic E-state index is 0.0164. The number of aryl methyl sites for hydroxylation is 1. The number of benzene rings is 3. The molecule has 0 bridgehead atoms. The summed E-state index contributed by atoms with van der Waals surface area (Å²) in [5.74, 6) is 5.40. The van der Waals surface area contributed by atoms with Gasteiger partial charge in [0.25, 0.3) is 0 Å². The van der Waals surface area contributed by atoms with E-state index in [2.05, 4.69) is 65.4 Å². The molecule has 4 heteroatoms. The standard InChI is InChI=1S/C25H19ClFNS/c1-2-3-4-18-7-11-21(12-8-18)22-13-9-19(10-14-22)5-6-20-15-23(26)25(28-17-29)24(27)16-20/h7-16H,2-4H2,1H3. The average Bonchev–Trinajstić information content (AvgIpc) is 2.74. The highest BCUT2D eigenvalue weighted by molar-refractivity contribution is 7.78. The van der Waals surface area contributed by atoms with Crippen LogP contribution in [0.25, 0.3) is 11.1 Å². The van der Waals surface area contributed by atoms with E-state index in [0.717, 1.165) is 17.5 Å². The second-order valence-corrected chi connectivity index (χ2v) is 7.21. The molecule has 0 spiro atoms. The Morgan fingerprint density at radius 3 is 2.14 bits per heavy atom. The number of halogens is 2. The molecule has 0 heterocycles. The smallest absolute Gasteiger partial charge is 0.152 e. The molecule has 0 saturated heterocycles. The van der Waals surface area contributed by atoms with Crippen molar-refractivity contribution in [1.29, 1.82) is 0 Å². The lowest BCUT2D eigenvalue weighted by Crippen LogP contribution is -1.85. The van der Waals surface area contributed by atoms with E-state index in [1.54, 1.807) is 6.07 Å². The third-order valence-corrected chi connectivity index (χ3v) is 4.90. The van der Waals surface area contributed by atoms with E-state index in [0.29, 0.717) is 5.56 Å². The van der Waals surface area contributed by atoms with E-state index in [4.69, 9.17) is 11.6 Å². The third-order valence-electron chi connectivity index (χ3n) is 4.52. The number of hydrogen-bond donors (Lipinski definition) is 0. The van der Waals surface area contributed by atoms with E-state index in [1.807, 2.05) is 24.3 Å². The highest BCUT2D eigenvalue weighted by Crippen LogP contribution is 2.29. The molecule has 0 atom stereocenters. The normalized spacial score (nSPS) is 10.0. The lowest BCUT2D eigenvalue weighted by Gasteiger charge is -2.04. The molecule has 0 aliphatic rings. The van der Waals surface area contributed by atoms with Crippen LogP contribution >= 0.6 is 23.8 Å². The van der Waals surface area contributed by atoms with Crippen molar-refractivity contribution in [1.82, 2.24) is 0 Å². The Hall–Kier alpha value is -2.76. The van der Waals surface area contributed by atoms with Gasteiger partial charge < -0.3 is 0 Å². The first-order valence-electron chi connectivity index (χ1n) is 9.39. The number of aliphatic imine (C=N–C) groups is 1. The van der Waals surface area contributed by atoms with Gasteiger partial charge in [-0.05, 0) is 66.0 Å². The van der Waals surface area contributed by atoms with Crippen LogP contribution < -0.4 is 0 Å². The maximum absolute atomic E-state index is 14.0. The number of nitrogens with zero attached hydrogens (tertiary/aromatic N) is 1. The van der Waals surface area contributed by atoms with Gasteiger partial charge in [0.05, 0.1) is 10.2 Å². The fourth-order valence-electron chi connectivity index (χ4n) is 2.93. The topological polar surface area (TPSA) is 12.4 Å². The first kappa shape index (κ1) is 21.0. The highest BCUT2D eigenvalue weighted by Gasteiger charge is 2.07. The van der Waals surface area contributed by atoms with E-state index in [9.17, 15) is 4.39 Å². The van der Waals surface area contributed by atoms with Gasteiger partial charge >= 0.3 is 0 Å². The van der Waals surface area contributed by atoms with Crippen molar-refractivity contribution < 1.29 is 4.39 Å². The summed E-state index contributed by atoms with van der Waals surface area (Å²) >= 11 is 10.5. The van der Waals surface area contributed by atoms with Crippen LogP contribution in [-0.2, 0) is 6.42 Å². The monoisotopic (exact) mass is 419 g/mol. The molecule has 0 unspecified atom stereocenters. The van der Waals surface area contributed by atoms with Crippen LogP contribution in [0.3, 0.4) is 0 Å². The van der Waals surface area contributed by atoms with E-state index in [-0.39, 0.29) is 10.7 Å². The molecule has 0 aliphatic heterocycles. The summed E-state index contributed by atoms with van der Waals surface area (Å²) in [6, 6.07) is 19.5. The molecular weight excluding hydrogens is 401 g/mol. The van der Waals surface area contributed by atoms with Gasteiger partial charge in [-0.15, -0.1) is 0 Å². The summed E-state index contributed by atoms with van der Waals surface area (Å²) < 4.78 is 14.0. The van der Waals surface area contributed by atoms with Gasteiger partial charge in [0.1, 0.15) is 5.69 Å². The molecule has 3 rings (SSSR count). The largest absolute Gasteiger partial charge is 0.204 e. The van der Waals surface area contributed by atoms with Crippen molar-refractivity contribution in [2.24, 2.45) is 4.99 Å². The number of hydrogen-bond acceptors (Lipinski definition) is 2. The SMILES string of the molecule is CCCCc1ccc(-c2ccc(C#Cc3cc(F)c(N=C=S)c(Cl)c3)cc2)cc1. The molecular formula is C25H19ClFNS. The molecule has 1 nitrogen and oxygen atoms in total. The molecule has 144 valence electrons. The highest BCUT2D eigenvalue weighted by atomic mass is 35.5. The van der Waals surface area contributed by atoms with Crippen LogP contribution in [0.1, 0.15) is 36.5 Å². The van der Waals surface area contributed by atoms with Gasteiger partial charge in [-0.1, -0.05) is 73.2 Å². The van der Waals surface area contributed by atoms with Crippen LogP contribution in [0.2, 0.25) is 5.02 Å². The molecule has 29 heavy (non-hydrogen) atoms. The van der Waals surface area contributed by atoms with Crippen molar-refractivity contribution in [2.45, 2.75) is 26.2 Å². The second-order valence-electron chi connectivity index (χ2n) is 6.62. The van der Waals surface area contributed by atoms with Crippen LogP contribution in [0.15, 0.2) is 65.7 Å². The summed E-state index contributed by atoms with van der Waals surface area (Å²) in [4.78, 5) is 3.63. The summed E-state index contributed by atoms with van der Waals surface area (Å²) in [5.41, 5.74) is 4.97. The first-order chi connectivity index (χ1) is 14.1. The Balaban J connectivity index is 1.76. The van der Waals surface area contributed by atoms with Crippen LogP contribution in [-0.4, -0.2) is 5.16 Å². The lowest BCUT2D eigenvalue weighted by atomic mass is 10.0. The Morgan fingerprint density at radius 1 is 0.931 bits per heavy atom. The molecule has 0 saturated carbocycles. The summed E-state index contributed by atoms with van der Waals surface area (Å²) in [7, 11) is 0. The molecule has 0 N–H and O–H groups in total. The van der Waals surface area contributed by atoms with Crippen LogP contribution in [0.5, 0.6) is 0 Å². The summed E-state index contributed by atoms with van der Waals surface area (Å²) in [5, 5.41) is 2.28. The van der Waals surface area contributed by atoms with Gasteiger partial charge in [0, 0.05) is 11.1 Å². The van der Waals surface area contributed by atoms with E-state index < -0.39 is 5.82 Å². The van der Waals surface area contributed by atoms with Gasteiger partial charge in [-0.2, -0.15) is 4.99 Å². The van der Waals surface area contributed by atoms with Gasteiger partial charge in [0.15, 0.2) is 5.82 Å². The van der Waals surface area contributed by atoms with Gasteiger partial charge in [0.2, 0.25) is 0 Å². The maximum Gasteiger partial charge on any atom is 0.152 e. The third kappa shape index (κ3) is 5.62. The molecule has 3 aromatic rings. The molecule has 0 fully saturated rings. The second kappa shape index (κ2) is 10.1. The minimum Gasteiger partial charge on any atom is -0.204 e. The van der Waals surface area contributed by atoms with Crippen molar-refractivity contribution in [3.63, 3.8) is 0 Å². The molecule has 0 aliphatic carbocycles. The first-order valence-corrected chi connectivity index (χ1v) is 10.2. The van der Waals surface area contributed by atoms with Crippen molar-refractivity contribution in [3.8, 4) is 23.0 Å². The van der Waals surface area contributed by atoms with Crippen molar-refractivity contribution in [3.05, 3.63) is 88.2 Å². The predicted molar refractivity (Wildman–Crippen MR) is 123 cm³/mol. The number of rotatable bonds is 5. The Bertz CT molecular complexity index is 1080. The summed E-state index contributed by atoms with van der Waals surface area (Å²) in [6.07, 6.45) is 3.53. The predicted octanol–water partition coefficient (Wildman–Crippen LogP) is 7.62. The van der Waals surface area contributed by atoms with E-state index >= 15 is 0 Å². The number of thiocarbonyl (C=S) groups is 1. The van der Waals surface area contributed by atoms with E-state index in [1.165, 1.54) is 30.0 Å². The quantitative estimate of drug-likeness (QED) is 0.235. The molecule has 0 radical (unpaired) electrons. The number of isothiocyanates is 1. The van der Waals surface area contributed by atoms with Crippen molar-refractivity contribution in [2.75, 3.05) is 0 Å². The Morgan fingerprint density at radius 2 is 1.55 bits per heavy atom. The lowest BCUT2D eigenvalue weighted by molar-refractivity contribution is 0.630. The fraction of sp³-hybridized carbons (Fsp3) is 0.160. The fourth-order valence-corrected chi connectivity index (χ4v) is 3.27. The number of unbranched alkanes of at least 4 members (excludes halogenated alkanes) is 1. The zero-order valence-corrected chi connectivity index (χ0v) is 17.6. The zero-order valence-electron chi connectivity index (χ0n) is 16.0. The van der Waals surface area contributed by atoms with Crippen molar-refractivity contribution >= 4 is 34.7 Å². The Labute approximate surface area is 181 Å². The molecule has 0 aromatic heterocycles. The molecule has 3 aromatic carbocycles. The zero-order chi connectivity index (χ0) is 20.6.